The first-order valence-corrected chi connectivity index (χ1v) is 18.1. The van der Waals surface area contributed by atoms with E-state index < -0.39 is 17.8 Å². The molecule has 8 nitrogen and oxygen atoms in total. The minimum atomic E-state index is -1.30. The smallest absolute Gasteiger partial charge is 0.335 e. The molecule has 0 aliphatic carbocycles. The van der Waals surface area contributed by atoms with Gasteiger partial charge in [-0.1, -0.05) is 134 Å². The number of amides is 1. The number of carboxylic acid groups (broad SMARTS) is 2. The van der Waals surface area contributed by atoms with Crippen LogP contribution in [-0.2, 0) is 0 Å². The number of unbranched alkanes of at least 4 members (excludes halogenated alkanes) is 15. The molecule has 0 saturated carbocycles. The average Bonchev–Trinajstić information content (AvgIpc) is 3.08. The van der Waals surface area contributed by atoms with E-state index in [2.05, 4.69) is 6.92 Å². The van der Waals surface area contributed by atoms with Gasteiger partial charge in [0, 0.05) is 23.0 Å². The molecule has 0 radical (unpaired) electrons. The van der Waals surface area contributed by atoms with Crippen LogP contribution < -0.4 is 9.64 Å². The van der Waals surface area contributed by atoms with Gasteiger partial charge in [0.2, 0.25) is 0 Å². The molecule has 1 amide bonds. The van der Waals surface area contributed by atoms with E-state index in [1.807, 2.05) is 19.1 Å². The van der Waals surface area contributed by atoms with Crippen LogP contribution in [0.3, 0.4) is 0 Å². The number of phenols is 1. The van der Waals surface area contributed by atoms with Crippen LogP contribution in [0.2, 0.25) is 0 Å². The van der Waals surface area contributed by atoms with Gasteiger partial charge in [-0.3, -0.25) is 4.79 Å². The van der Waals surface area contributed by atoms with Crippen LogP contribution in [0.4, 0.5) is 5.69 Å². The number of aromatic carboxylic acids is 2. The molecule has 3 N–H and O–H groups in total. The van der Waals surface area contributed by atoms with Gasteiger partial charge in [0.05, 0.1) is 23.3 Å². The first-order valence-electron chi connectivity index (χ1n) is 18.1. The molecule has 0 bridgehead atoms. The number of nitrogens with zero attached hydrogens (tertiary/aromatic N) is 1. The minimum absolute atomic E-state index is 0.0127. The maximum atomic E-state index is 14.1. The quantitative estimate of drug-likeness (QED) is 0.0816. The van der Waals surface area contributed by atoms with Crippen LogP contribution in [0.5, 0.6) is 11.5 Å². The van der Waals surface area contributed by atoms with Crippen LogP contribution in [-0.4, -0.2) is 46.3 Å². The van der Waals surface area contributed by atoms with Gasteiger partial charge < -0.3 is 25.0 Å². The Morgan fingerprint density at radius 3 is 1.62 bits per heavy atom. The highest BCUT2D eigenvalue weighted by Gasteiger charge is 2.25. The predicted molar refractivity (Wildman–Crippen MR) is 193 cm³/mol. The SMILES string of the molecule is CCCCCCCCCCCCCCCCOc1cc(C(=O)N(CCCCC)c2cc(C(=O)O)cc(C(=O)O)c2)c(O)c2ccccc12. The van der Waals surface area contributed by atoms with E-state index >= 15 is 0 Å². The third-order valence-corrected chi connectivity index (χ3v) is 8.92. The number of fused-ring (bicyclic) bond motifs is 1. The molecule has 0 saturated heterocycles. The molecular weight excluding hydrogens is 606 g/mol. The molecular formula is C40H55NO7. The Kier molecular flexibility index (Phi) is 16.8. The minimum Gasteiger partial charge on any atom is -0.506 e. The zero-order valence-electron chi connectivity index (χ0n) is 29.0. The Morgan fingerprint density at radius 1 is 0.625 bits per heavy atom. The van der Waals surface area contributed by atoms with Crippen LogP contribution >= 0.6 is 0 Å². The molecule has 0 aliphatic rings. The van der Waals surface area contributed by atoms with E-state index in [0.29, 0.717) is 29.5 Å². The highest BCUT2D eigenvalue weighted by Crippen LogP contribution is 2.37. The van der Waals surface area contributed by atoms with Gasteiger partial charge in [-0.15, -0.1) is 0 Å². The Bertz CT molecular complexity index is 1440. The van der Waals surface area contributed by atoms with Crippen LogP contribution in [0.15, 0.2) is 48.5 Å². The van der Waals surface area contributed by atoms with E-state index in [1.165, 1.54) is 87.7 Å². The second kappa shape index (κ2) is 21.0. The number of hydrogen-bond acceptors (Lipinski definition) is 5. The molecule has 0 unspecified atom stereocenters. The lowest BCUT2D eigenvalue weighted by molar-refractivity contribution is 0.0696. The lowest BCUT2D eigenvalue weighted by atomic mass is 10.0. The van der Waals surface area contributed by atoms with Crippen molar-refractivity contribution in [3.63, 3.8) is 0 Å². The number of anilines is 1. The van der Waals surface area contributed by atoms with Crippen molar-refractivity contribution < 1.29 is 34.4 Å². The maximum absolute atomic E-state index is 14.1. The summed E-state index contributed by atoms with van der Waals surface area (Å²) in [5.41, 5.74) is -0.319. The van der Waals surface area contributed by atoms with Gasteiger partial charge in [0.25, 0.3) is 5.91 Å². The van der Waals surface area contributed by atoms with Crippen molar-refractivity contribution in [1.82, 2.24) is 0 Å². The fraction of sp³-hybridized carbons (Fsp3) is 0.525. The third kappa shape index (κ3) is 11.9. The van der Waals surface area contributed by atoms with Crippen molar-refractivity contribution in [2.75, 3.05) is 18.1 Å². The lowest BCUT2D eigenvalue weighted by Crippen LogP contribution is -2.32. The Morgan fingerprint density at radius 2 is 1.10 bits per heavy atom. The number of phenolic OH excluding ortho intramolecular Hbond substituents is 1. The van der Waals surface area contributed by atoms with E-state index in [-0.39, 0.29) is 34.7 Å². The molecule has 8 heteroatoms. The molecule has 0 aliphatic heterocycles. The number of rotatable bonds is 24. The Balaban J connectivity index is 1.67. The zero-order chi connectivity index (χ0) is 34.7. The molecule has 0 fully saturated rings. The summed E-state index contributed by atoms with van der Waals surface area (Å²) < 4.78 is 6.22. The number of benzene rings is 3. The van der Waals surface area contributed by atoms with Gasteiger partial charge in [-0.2, -0.15) is 0 Å². The number of carbonyl (C=O) groups is 3. The summed E-state index contributed by atoms with van der Waals surface area (Å²) in [5.74, 6) is -2.87. The largest absolute Gasteiger partial charge is 0.506 e. The van der Waals surface area contributed by atoms with Gasteiger partial charge in [-0.05, 0) is 37.1 Å². The number of carboxylic acids is 2. The first-order chi connectivity index (χ1) is 23.3. The van der Waals surface area contributed by atoms with E-state index in [4.69, 9.17) is 4.74 Å². The van der Waals surface area contributed by atoms with Crippen molar-refractivity contribution in [2.45, 2.75) is 123 Å². The number of hydrogen-bond donors (Lipinski definition) is 3. The Hall–Kier alpha value is -4.07. The predicted octanol–water partition coefficient (Wildman–Crippen LogP) is 10.6. The first kappa shape index (κ1) is 38.4. The van der Waals surface area contributed by atoms with Gasteiger partial charge in [0.15, 0.2) is 0 Å². The molecule has 0 heterocycles. The van der Waals surface area contributed by atoms with E-state index in [1.54, 1.807) is 18.2 Å². The third-order valence-electron chi connectivity index (χ3n) is 8.92. The lowest BCUT2D eigenvalue weighted by Gasteiger charge is -2.25. The van der Waals surface area contributed by atoms with Crippen molar-refractivity contribution in [2.24, 2.45) is 0 Å². The van der Waals surface area contributed by atoms with Gasteiger partial charge in [-0.25, -0.2) is 9.59 Å². The zero-order valence-corrected chi connectivity index (χ0v) is 29.0. The molecule has 0 atom stereocenters. The maximum Gasteiger partial charge on any atom is 0.335 e. The normalized spacial score (nSPS) is 11.1. The van der Waals surface area contributed by atoms with Crippen molar-refractivity contribution in [3.8, 4) is 11.5 Å². The average molecular weight is 662 g/mol. The Labute approximate surface area is 286 Å². The molecule has 3 aromatic carbocycles. The molecule has 0 aromatic heterocycles. The summed E-state index contributed by atoms with van der Waals surface area (Å²) in [6.45, 7) is 4.97. The highest BCUT2D eigenvalue weighted by molar-refractivity contribution is 6.13. The summed E-state index contributed by atoms with van der Waals surface area (Å²) in [6.07, 6.45) is 20.0. The summed E-state index contributed by atoms with van der Waals surface area (Å²) in [5, 5.41) is 31.8. The summed E-state index contributed by atoms with van der Waals surface area (Å²) in [4.78, 5) is 39.2. The molecule has 3 rings (SSSR count). The van der Waals surface area contributed by atoms with Crippen molar-refractivity contribution in [3.05, 3.63) is 65.2 Å². The molecule has 48 heavy (non-hydrogen) atoms. The second-order valence-electron chi connectivity index (χ2n) is 12.8. The topological polar surface area (TPSA) is 124 Å². The van der Waals surface area contributed by atoms with Gasteiger partial charge in [0.1, 0.15) is 11.5 Å². The number of aromatic hydroxyl groups is 1. The monoisotopic (exact) mass is 661 g/mol. The van der Waals surface area contributed by atoms with Crippen LogP contribution in [0.25, 0.3) is 10.8 Å². The molecule has 0 spiro atoms. The van der Waals surface area contributed by atoms with Crippen molar-refractivity contribution in [1.29, 1.82) is 0 Å². The fourth-order valence-corrected chi connectivity index (χ4v) is 6.12. The van der Waals surface area contributed by atoms with E-state index in [9.17, 15) is 29.7 Å². The standard InChI is InChI=1S/C40H55NO7/c1-3-5-7-8-9-10-11-12-13-14-15-16-17-21-25-48-36-29-35(37(42)34-23-19-18-22-33(34)36)38(43)41(24-20-6-4-2)32-27-30(39(44)45)26-31(28-32)40(46)47/h18-19,22-23,26-29,42H,3-17,20-21,24-25H2,1-2H3,(H,44,45)(H,46,47). The summed E-state index contributed by atoms with van der Waals surface area (Å²) in [6, 6.07) is 12.4. The molecule has 262 valence electrons. The fourth-order valence-electron chi connectivity index (χ4n) is 6.12. The summed E-state index contributed by atoms with van der Waals surface area (Å²) in [7, 11) is 0. The van der Waals surface area contributed by atoms with Crippen molar-refractivity contribution >= 4 is 34.3 Å². The highest BCUT2D eigenvalue weighted by atomic mass is 16.5. The number of ether oxygens (including phenoxy) is 1. The van der Waals surface area contributed by atoms with Crippen LogP contribution in [0, 0.1) is 0 Å². The second-order valence-corrected chi connectivity index (χ2v) is 12.8. The van der Waals surface area contributed by atoms with Gasteiger partial charge >= 0.3 is 11.9 Å². The number of carbonyl (C=O) groups excluding carboxylic acids is 1. The molecule has 3 aromatic rings. The summed E-state index contributed by atoms with van der Waals surface area (Å²) >= 11 is 0. The van der Waals surface area contributed by atoms with E-state index in [0.717, 1.165) is 38.2 Å². The van der Waals surface area contributed by atoms with Crippen LogP contribution in [0.1, 0.15) is 154 Å².